The molecule has 1 saturated carbocycles. The molecule has 0 aromatic carbocycles. The second kappa shape index (κ2) is 8.82. The Morgan fingerprint density at radius 2 is 1.47 bits per heavy atom. The Kier molecular flexibility index (Phi) is 8.21. The predicted molar refractivity (Wildman–Crippen MR) is 80.0 cm³/mol. The molecule has 3 unspecified atom stereocenters. The molecule has 19 heavy (non-hydrogen) atoms. The zero-order valence-corrected chi connectivity index (χ0v) is 15.8. The summed E-state index contributed by atoms with van der Waals surface area (Å²) in [6, 6.07) is 0.197. The van der Waals surface area contributed by atoms with Gasteiger partial charge in [0.15, 0.2) is 0 Å². The normalized spacial score (nSPS) is 26.4. The van der Waals surface area contributed by atoms with Crippen LogP contribution in [0.2, 0.25) is 3.93 Å². The van der Waals surface area contributed by atoms with E-state index in [-0.39, 0.29) is 6.04 Å². The Labute approximate surface area is 123 Å². The molecule has 5 heteroatoms. The van der Waals surface area contributed by atoms with Gasteiger partial charge in [0.1, 0.15) is 0 Å². The summed E-state index contributed by atoms with van der Waals surface area (Å²) in [7, 11) is 0. The van der Waals surface area contributed by atoms with Gasteiger partial charge in [0.05, 0.1) is 0 Å². The average Bonchev–Trinajstić information content (AvgIpc) is 2.39. The van der Waals surface area contributed by atoms with Crippen LogP contribution in [-0.4, -0.2) is 45.5 Å². The molecule has 0 aromatic rings. The fourth-order valence-corrected chi connectivity index (χ4v) is 13.7. The first-order chi connectivity index (χ1) is 9.11. The molecule has 1 fully saturated rings. The summed E-state index contributed by atoms with van der Waals surface area (Å²) >= 11 is -3.47. The van der Waals surface area contributed by atoms with Crippen molar-refractivity contribution in [2.24, 2.45) is 11.7 Å². The molecule has 0 radical (unpaired) electrons. The van der Waals surface area contributed by atoms with E-state index >= 15 is 0 Å². The van der Waals surface area contributed by atoms with E-state index in [2.05, 4.69) is 6.92 Å². The van der Waals surface area contributed by atoms with Gasteiger partial charge in [0, 0.05) is 0 Å². The van der Waals surface area contributed by atoms with Gasteiger partial charge in [-0.1, -0.05) is 0 Å². The summed E-state index contributed by atoms with van der Waals surface area (Å²) < 4.78 is 18.9. The summed E-state index contributed by atoms with van der Waals surface area (Å²) in [6.07, 6.45) is 4.87. The monoisotopic (exact) mass is 381 g/mol. The summed E-state index contributed by atoms with van der Waals surface area (Å²) in [4.78, 5) is 0. The van der Waals surface area contributed by atoms with E-state index in [1.54, 1.807) is 0 Å². The fraction of sp³-hybridized carbons (Fsp3) is 1.00. The van der Waals surface area contributed by atoms with Crippen LogP contribution in [0.25, 0.3) is 0 Å². The Morgan fingerprint density at radius 1 is 1.00 bits per heavy atom. The van der Waals surface area contributed by atoms with Gasteiger partial charge in [-0.2, -0.15) is 0 Å². The number of rotatable bonds is 8. The van der Waals surface area contributed by atoms with Gasteiger partial charge in [0.25, 0.3) is 0 Å². The zero-order valence-electron chi connectivity index (χ0n) is 13.0. The van der Waals surface area contributed by atoms with Crippen LogP contribution in [0.4, 0.5) is 0 Å². The topological polar surface area (TPSA) is 53.7 Å². The molecule has 3 atom stereocenters. The molecule has 0 bridgehead atoms. The van der Waals surface area contributed by atoms with E-state index in [0.717, 1.165) is 6.42 Å². The van der Waals surface area contributed by atoms with Gasteiger partial charge in [-0.15, -0.1) is 0 Å². The predicted octanol–water partition coefficient (Wildman–Crippen LogP) is 2.94. The van der Waals surface area contributed by atoms with Gasteiger partial charge < -0.3 is 0 Å². The second-order valence-electron chi connectivity index (χ2n) is 5.32. The molecule has 4 nitrogen and oxygen atoms in total. The SMILES string of the molecule is CC[O][Sn]([O]CC)([O]CC)[CH]1CCCCC1C(C)N. The molecule has 0 aromatic heterocycles. The van der Waals surface area contributed by atoms with E-state index in [1.807, 2.05) is 20.8 Å². The summed E-state index contributed by atoms with van der Waals surface area (Å²) in [5.74, 6) is 0.495. The quantitative estimate of drug-likeness (QED) is 0.658. The van der Waals surface area contributed by atoms with Gasteiger partial charge in [-0.25, -0.2) is 0 Å². The minimum absolute atomic E-state index is 0.197. The molecule has 1 aliphatic rings. The third kappa shape index (κ3) is 4.56. The molecular formula is C14H31NO3Sn. The summed E-state index contributed by atoms with van der Waals surface area (Å²) in [6.45, 7) is 10.3. The molecule has 0 amide bonds. The molecular weight excluding hydrogens is 349 g/mol. The molecule has 2 N–H and O–H groups in total. The van der Waals surface area contributed by atoms with Crippen LogP contribution in [0.1, 0.15) is 53.4 Å². The Morgan fingerprint density at radius 3 is 1.89 bits per heavy atom. The summed E-state index contributed by atoms with van der Waals surface area (Å²) in [5.41, 5.74) is 6.21. The van der Waals surface area contributed by atoms with E-state index in [9.17, 15) is 0 Å². The van der Waals surface area contributed by atoms with Crippen LogP contribution in [0.5, 0.6) is 0 Å². The molecule has 1 rings (SSSR count). The van der Waals surface area contributed by atoms with Crippen molar-refractivity contribution in [1.29, 1.82) is 0 Å². The number of nitrogens with two attached hydrogens (primary N) is 1. The van der Waals surface area contributed by atoms with Gasteiger partial charge in [0.2, 0.25) is 0 Å². The number of hydrogen-bond donors (Lipinski definition) is 1. The maximum absolute atomic E-state index is 6.21. The minimum atomic E-state index is -3.47. The third-order valence-electron chi connectivity index (χ3n) is 3.99. The molecule has 0 aliphatic heterocycles. The van der Waals surface area contributed by atoms with Crippen LogP contribution in [0.15, 0.2) is 0 Å². The van der Waals surface area contributed by atoms with Crippen molar-refractivity contribution in [2.75, 3.05) is 19.8 Å². The Hall–Kier alpha value is 0.639. The Balaban J connectivity index is 2.96. The van der Waals surface area contributed by atoms with Crippen molar-refractivity contribution in [3.63, 3.8) is 0 Å². The molecule has 0 heterocycles. The van der Waals surface area contributed by atoms with Gasteiger partial charge in [-0.3, -0.25) is 0 Å². The summed E-state index contributed by atoms with van der Waals surface area (Å²) in [5, 5.41) is 0. The Bertz CT molecular complexity index is 234. The number of hydrogen-bond acceptors (Lipinski definition) is 4. The standard InChI is InChI=1S/C8H16N.3C2H5O.Sn/c1-7(9)8-5-3-2-4-6-8;3*1-2-3;/h5,7-8H,2-4,6,9H2,1H3;3*2H2,1H3;/q;3*-1;+3. The van der Waals surface area contributed by atoms with Gasteiger partial charge >= 0.3 is 124 Å². The van der Waals surface area contributed by atoms with Crippen molar-refractivity contribution in [2.45, 2.75) is 63.4 Å². The molecule has 114 valence electrons. The second-order valence-corrected chi connectivity index (χ2v) is 13.3. The van der Waals surface area contributed by atoms with Crippen LogP contribution in [0, 0.1) is 5.92 Å². The first-order valence-corrected chi connectivity index (χ1v) is 12.9. The van der Waals surface area contributed by atoms with Gasteiger partial charge in [-0.05, 0) is 0 Å². The van der Waals surface area contributed by atoms with Crippen molar-refractivity contribution in [3.05, 3.63) is 0 Å². The molecule has 0 spiro atoms. The van der Waals surface area contributed by atoms with E-state index in [1.165, 1.54) is 19.3 Å². The first kappa shape index (κ1) is 17.7. The van der Waals surface area contributed by atoms with E-state index in [0.29, 0.717) is 29.7 Å². The van der Waals surface area contributed by atoms with Crippen LogP contribution >= 0.6 is 0 Å². The molecule has 0 saturated heterocycles. The van der Waals surface area contributed by atoms with Crippen molar-refractivity contribution < 1.29 is 9.22 Å². The van der Waals surface area contributed by atoms with Crippen LogP contribution in [0.3, 0.4) is 0 Å². The van der Waals surface area contributed by atoms with Crippen molar-refractivity contribution in [3.8, 4) is 0 Å². The zero-order chi connectivity index (χ0) is 14.3. The first-order valence-electron chi connectivity index (χ1n) is 7.78. The third-order valence-corrected chi connectivity index (χ3v) is 14.5. The maximum atomic E-state index is 6.21. The fourth-order valence-electron chi connectivity index (χ4n) is 3.28. The van der Waals surface area contributed by atoms with Crippen molar-refractivity contribution >= 4 is 19.6 Å². The average molecular weight is 380 g/mol. The van der Waals surface area contributed by atoms with Crippen LogP contribution in [-0.2, 0) is 9.22 Å². The van der Waals surface area contributed by atoms with Crippen LogP contribution < -0.4 is 5.73 Å². The van der Waals surface area contributed by atoms with Crippen molar-refractivity contribution in [1.82, 2.24) is 0 Å². The van der Waals surface area contributed by atoms with E-state index < -0.39 is 19.6 Å². The molecule has 1 aliphatic carbocycles. The van der Waals surface area contributed by atoms with E-state index in [4.69, 9.17) is 15.0 Å².